The van der Waals surface area contributed by atoms with Gasteiger partial charge in [0.2, 0.25) is 0 Å². The Kier molecular flexibility index (Phi) is 5.52. The average molecular weight is 251 g/mol. The summed E-state index contributed by atoms with van der Waals surface area (Å²) in [5, 5.41) is 3.13. The molecule has 0 fully saturated rings. The molecule has 0 amide bonds. The zero-order valence-corrected chi connectivity index (χ0v) is 10.9. The fourth-order valence-electron chi connectivity index (χ4n) is 1.57. The third-order valence-corrected chi connectivity index (χ3v) is 2.71. The van der Waals surface area contributed by atoms with Crippen LogP contribution >= 0.6 is 0 Å². The van der Waals surface area contributed by atoms with Crippen molar-refractivity contribution in [1.29, 1.82) is 0 Å². The first kappa shape index (κ1) is 14.4. The van der Waals surface area contributed by atoms with E-state index in [-0.39, 0.29) is 17.8 Å². The fourth-order valence-corrected chi connectivity index (χ4v) is 1.57. The van der Waals surface area contributed by atoms with Gasteiger partial charge in [0.1, 0.15) is 5.82 Å². The number of hydrogen-bond donors (Lipinski definition) is 1. The molecule has 1 N–H and O–H groups in total. The maximum Gasteiger partial charge on any atom is 0.333 e. The predicted octanol–water partition coefficient (Wildman–Crippen LogP) is 2.60. The Morgan fingerprint density at radius 2 is 2.17 bits per heavy atom. The van der Waals surface area contributed by atoms with Crippen molar-refractivity contribution in [3.63, 3.8) is 0 Å². The summed E-state index contributed by atoms with van der Waals surface area (Å²) in [6.45, 7) is 4.04. The minimum Gasteiger partial charge on any atom is -0.466 e. The van der Waals surface area contributed by atoms with Crippen LogP contribution in [0.3, 0.4) is 0 Å². The molecule has 1 unspecified atom stereocenters. The highest BCUT2D eigenvalue weighted by molar-refractivity contribution is 5.87. The molecule has 3 nitrogen and oxygen atoms in total. The first-order valence-electron chi connectivity index (χ1n) is 5.79. The van der Waals surface area contributed by atoms with Gasteiger partial charge in [-0.05, 0) is 19.9 Å². The molecule has 18 heavy (non-hydrogen) atoms. The minimum absolute atomic E-state index is 0.118. The van der Waals surface area contributed by atoms with E-state index >= 15 is 0 Å². The lowest BCUT2D eigenvalue weighted by Crippen LogP contribution is -2.20. The lowest BCUT2D eigenvalue weighted by Gasteiger charge is -2.13. The number of esters is 1. The third-order valence-electron chi connectivity index (χ3n) is 2.71. The number of methoxy groups -OCH3 is 1. The van der Waals surface area contributed by atoms with Crippen molar-refractivity contribution in [3.8, 4) is 0 Å². The van der Waals surface area contributed by atoms with E-state index in [1.807, 2.05) is 6.92 Å². The Bertz CT molecular complexity index is 443. The molecule has 0 saturated carbocycles. The van der Waals surface area contributed by atoms with E-state index in [1.54, 1.807) is 31.2 Å². The van der Waals surface area contributed by atoms with Crippen LogP contribution < -0.4 is 5.32 Å². The molecule has 0 heterocycles. The third kappa shape index (κ3) is 3.96. The van der Waals surface area contributed by atoms with Crippen LogP contribution in [0.5, 0.6) is 0 Å². The van der Waals surface area contributed by atoms with E-state index in [1.165, 1.54) is 13.2 Å². The lowest BCUT2D eigenvalue weighted by molar-refractivity contribution is -0.136. The highest BCUT2D eigenvalue weighted by atomic mass is 19.1. The molecule has 0 spiro atoms. The molecule has 0 aliphatic carbocycles. The average Bonchev–Trinajstić information content (AvgIpc) is 2.37. The van der Waals surface area contributed by atoms with Crippen LogP contribution in [0.2, 0.25) is 0 Å². The highest BCUT2D eigenvalue weighted by Gasteiger charge is 2.09. The lowest BCUT2D eigenvalue weighted by atomic mass is 10.1. The van der Waals surface area contributed by atoms with E-state index in [0.717, 1.165) is 0 Å². The molecule has 0 aliphatic heterocycles. The smallest absolute Gasteiger partial charge is 0.333 e. The molecule has 1 aromatic rings. The van der Waals surface area contributed by atoms with Gasteiger partial charge in [0.15, 0.2) is 0 Å². The van der Waals surface area contributed by atoms with Crippen LogP contribution in [0.4, 0.5) is 4.39 Å². The Morgan fingerprint density at radius 3 is 2.78 bits per heavy atom. The van der Waals surface area contributed by atoms with Gasteiger partial charge in [-0.2, -0.15) is 0 Å². The predicted molar refractivity (Wildman–Crippen MR) is 68.6 cm³/mol. The molecule has 98 valence electrons. The van der Waals surface area contributed by atoms with Gasteiger partial charge >= 0.3 is 5.97 Å². The molecule has 4 heteroatoms. The van der Waals surface area contributed by atoms with E-state index < -0.39 is 0 Å². The first-order chi connectivity index (χ1) is 8.56. The summed E-state index contributed by atoms with van der Waals surface area (Å²) in [5.74, 6) is -0.582. The topological polar surface area (TPSA) is 38.3 Å². The number of benzene rings is 1. The summed E-state index contributed by atoms with van der Waals surface area (Å²) in [6, 6.07) is 6.51. The summed E-state index contributed by atoms with van der Waals surface area (Å²) < 4.78 is 18.1. The second kappa shape index (κ2) is 6.91. The van der Waals surface area contributed by atoms with Crippen molar-refractivity contribution < 1.29 is 13.9 Å². The van der Waals surface area contributed by atoms with Gasteiger partial charge in [-0.25, -0.2) is 9.18 Å². The summed E-state index contributed by atoms with van der Waals surface area (Å²) >= 11 is 0. The van der Waals surface area contributed by atoms with E-state index in [0.29, 0.717) is 17.7 Å². The van der Waals surface area contributed by atoms with Crippen molar-refractivity contribution in [3.05, 3.63) is 47.3 Å². The Morgan fingerprint density at radius 1 is 1.50 bits per heavy atom. The van der Waals surface area contributed by atoms with E-state index in [4.69, 9.17) is 0 Å². The maximum absolute atomic E-state index is 13.5. The van der Waals surface area contributed by atoms with Crippen molar-refractivity contribution >= 4 is 5.97 Å². The molecule has 1 atom stereocenters. The summed E-state index contributed by atoms with van der Waals surface area (Å²) in [5.41, 5.74) is 1.15. The van der Waals surface area contributed by atoms with Crippen LogP contribution in [-0.2, 0) is 9.53 Å². The molecule has 0 saturated heterocycles. The quantitative estimate of drug-likeness (QED) is 0.645. The molecule has 0 aliphatic rings. The number of carbonyl (C=O) groups is 1. The number of nitrogens with one attached hydrogen (secondary N) is 1. The van der Waals surface area contributed by atoms with Crippen molar-refractivity contribution in [1.82, 2.24) is 5.32 Å². The Hall–Kier alpha value is -1.68. The van der Waals surface area contributed by atoms with Gasteiger partial charge in [0.25, 0.3) is 0 Å². The number of ether oxygens (including phenoxy) is 1. The van der Waals surface area contributed by atoms with E-state index in [9.17, 15) is 9.18 Å². The van der Waals surface area contributed by atoms with E-state index in [2.05, 4.69) is 10.1 Å². The zero-order chi connectivity index (χ0) is 13.5. The largest absolute Gasteiger partial charge is 0.466 e. The van der Waals surface area contributed by atoms with Crippen LogP contribution in [0, 0.1) is 5.82 Å². The second-order valence-corrected chi connectivity index (χ2v) is 4.03. The molecule has 1 rings (SSSR count). The van der Waals surface area contributed by atoms with Crippen LogP contribution in [0.15, 0.2) is 35.9 Å². The van der Waals surface area contributed by atoms with Gasteiger partial charge < -0.3 is 10.1 Å². The Labute approximate surface area is 107 Å². The summed E-state index contributed by atoms with van der Waals surface area (Å²) in [4.78, 5) is 11.1. The minimum atomic E-state index is -0.352. The van der Waals surface area contributed by atoms with Gasteiger partial charge in [0, 0.05) is 23.7 Å². The molecule has 1 aromatic carbocycles. The number of hydrogen-bond acceptors (Lipinski definition) is 3. The summed E-state index contributed by atoms with van der Waals surface area (Å²) in [7, 11) is 1.34. The van der Waals surface area contributed by atoms with Gasteiger partial charge in [0.05, 0.1) is 7.11 Å². The molecule has 0 bridgehead atoms. The fraction of sp³-hybridized carbons (Fsp3) is 0.357. The zero-order valence-electron chi connectivity index (χ0n) is 10.9. The SMILES string of the molecule is COC(=O)/C(C)=C/CNC(C)c1ccccc1F. The first-order valence-corrected chi connectivity index (χ1v) is 5.79. The van der Waals surface area contributed by atoms with Crippen molar-refractivity contribution in [2.24, 2.45) is 0 Å². The van der Waals surface area contributed by atoms with Crippen molar-refractivity contribution in [2.75, 3.05) is 13.7 Å². The Balaban J connectivity index is 2.55. The number of carbonyl (C=O) groups excluding carboxylic acids is 1. The van der Waals surface area contributed by atoms with Crippen LogP contribution in [-0.4, -0.2) is 19.6 Å². The standard InChI is InChI=1S/C14H18FNO2/c1-10(14(17)18-3)8-9-16-11(2)12-6-4-5-7-13(12)15/h4-8,11,16H,9H2,1-3H3/b10-8+. The van der Waals surface area contributed by atoms with Gasteiger partial charge in [-0.1, -0.05) is 24.3 Å². The molecular weight excluding hydrogens is 233 g/mol. The maximum atomic E-state index is 13.5. The highest BCUT2D eigenvalue weighted by Crippen LogP contribution is 2.15. The van der Waals surface area contributed by atoms with Crippen molar-refractivity contribution in [2.45, 2.75) is 19.9 Å². The second-order valence-electron chi connectivity index (χ2n) is 4.03. The number of rotatable bonds is 5. The normalized spacial score (nSPS) is 13.2. The van der Waals surface area contributed by atoms with Crippen LogP contribution in [0.1, 0.15) is 25.5 Å². The molecule has 0 radical (unpaired) electrons. The number of halogens is 1. The van der Waals surface area contributed by atoms with Crippen LogP contribution in [0.25, 0.3) is 0 Å². The van der Waals surface area contributed by atoms with Gasteiger partial charge in [-0.3, -0.25) is 0 Å². The van der Waals surface area contributed by atoms with Gasteiger partial charge in [-0.15, -0.1) is 0 Å². The molecule has 0 aromatic heterocycles. The monoisotopic (exact) mass is 251 g/mol. The molecular formula is C14H18FNO2. The summed E-state index contributed by atoms with van der Waals surface area (Å²) in [6.07, 6.45) is 1.73.